The number of benzene rings is 1. The lowest BCUT2D eigenvalue weighted by Gasteiger charge is -1.97. The predicted octanol–water partition coefficient (Wildman–Crippen LogP) is 2.23. The molecular weight excluding hydrogens is 201 g/mol. The van der Waals surface area contributed by atoms with Gasteiger partial charge in [-0.05, 0) is 13.0 Å². The number of carbonyl (C=O) groups is 2. The van der Waals surface area contributed by atoms with Crippen molar-refractivity contribution in [3.05, 3.63) is 35.4 Å². The molecule has 0 aliphatic carbocycles. The van der Waals surface area contributed by atoms with Gasteiger partial charge in [0.25, 0.3) is 0 Å². The highest BCUT2D eigenvalue weighted by atomic mass is 19.2. The molecule has 0 aliphatic rings. The lowest BCUT2D eigenvalue weighted by molar-refractivity contribution is -0.107. The Morgan fingerprint density at radius 2 is 2.07 bits per heavy atom. The maximum absolute atomic E-state index is 11.2. The normalized spacial score (nSPS) is 8.47. The Balaban J connectivity index is 0.000000583. The number of rotatable bonds is 3. The summed E-state index contributed by atoms with van der Waals surface area (Å²) in [6.45, 7) is 1.91. The van der Waals surface area contributed by atoms with Crippen LogP contribution in [0.2, 0.25) is 0 Å². The molecule has 0 N–H and O–H groups in total. The third kappa shape index (κ3) is 5.72. The fourth-order valence-corrected chi connectivity index (χ4v) is 1.01. The Bertz CT molecular complexity index is 329. The molecule has 0 bridgehead atoms. The van der Waals surface area contributed by atoms with E-state index in [0.29, 0.717) is 11.8 Å². The van der Waals surface area contributed by atoms with Gasteiger partial charge in [-0.15, -0.1) is 0 Å². The standard InChI is InChI=1S/C10H10O2.BF2/c1-8-3-2-4-9(7-8)10(12)5-6-11;2-1-3/h2-4,6-7H,5H2,1H3;. The van der Waals surface area contributed by atoms with E-state index in [1.54, 1.807) is 12.1 Å². The van der Waals surface area contributed by atoms with E-state index in [0.717, 1.165) is 5.56 Å². The van der Waals surface area contributed by atoms with Crippen LogP contribution in [0.4, 0.5) is 8.63 Å². The minimum Gasteiger partial charge on any atom is -0.303 e. The molecule has 0 atom stereocenters. The van der Waals surface area contributed by atoms with E-state index in [4.69, 9.17) is 0 Å². The first-order chi connectivity index (χ1) is 7.15. The van der Waals surface area contributed by atoms with E-state index in [1.807, 2.05) is 19.1 Å². The third-order valence-electron chi connectivity index (χ3n) is 1.61. The fraction of sp³-hybridized carbons (Fsp3) is 0.200. The molecule has 0 heterocycles. The third-order valence-corrected chi connectivity index (χ3v) is 1.61. The van der Waals surface area contributed by atoms with E-state index in [-0.39, 0.29) is 12.2 Å². The Hall–Kier alpha value is -1.52. The van der Waals surface area contributed by atoms with Crippen LogP contribution in [0.5, 0.6) is 0 Å². The molecule has 0 fully saturated rings. The van der Waals surface area contributed by atoms with Crippen molar-refractivity contribution in [2.75, 3.05) is 0 Å². The maximum atomic E-state index is 11.2. The number of hydrogen-bond acceptors (Lipinski definition) is 2. The largest absolute Gasteiger partial charge is 0.577 e. The lowest BCUT2D eigenvalue weighted by Crippen LogP contribution is -1.99. The number of carbonyl (C=O) groups excluding carboxylic acids is 2. The van der Waals surface area contributed by atoms with Gasteiger partial charge in [0.2, 0.25) is 0 Å². The summed E-state index contributed by atoms with van der Waals surface area (Å²) in [4.78, 5) is 21.2. The van der Waals surface area contributed by atoms with Gasteiger partial charge < -0.3 is 4.79 Å². The summed E-state index contributed by atoms with van der Waals surface area (Å²) < 4.78 is 19.0. The molecule has 1 aromatic carbocycles. The van der Waals surface area contributed by atoms with Crippen molar-refractivity contribution in [1.29, 1.82) is 0 Å². The van der Waals surface area contributed by atoms with Gasteiger partial charge in [-0.2, -0.15) is 0 Å². The van der Waals surface area contributed by atoms with Gasteiger partial charge >= 0.3 is 7.83 Å². The summed E-state index contributed by atoms with van der Waals surface area (Å²) in [6, 6.07) is 7.23. The van der Waals surface area contributed by atoms with Crippen molar-refractivity contribution < 1.29 is 18.2 Å². The molecular formula is C10H10BF2O2. The van der Waals surface area contributed by atoms with Crippen molar-refractivity contribution in [2.24, 2.45) is 0 Å². The van der Waals surface area contributed by atoms with Gasteiger partial charge in [0.1, 0.15) is 6.29 Å². The van der Waals surface area contributed by atoms with E-state index < -0.39 is 7.83 Å². The second-order valence-electron chi connectivity index (χ2n) is 2.75. The monoisotopic (exact) mass is 211 g/mol. The van der Waals surface area contributed by atoms with E-state index >= 15 is 0 Å². The van der Waals surface area contributed by atoms with Gasteiger partial charge in [0.15, 0.2) is 5.78 Å². The lowest BCUT2D eigenvalue weighted by atomic mass is 10.1. The zero-order valence-electron chi connectivity index (χ0n) is 8.24. The molecule has 0 amide bonds. The highest BCUT2D eigenvalue weighted by Gasteiger charge is 2.03. The van der Waals surface area contributed by atoms with Crippen LogP contribution in [0.25, 0.3) is 0 Å². The first-order valence-electron chi connectivity index (χ1n) is 4.21. The predicted molar refractivity (Wildman–Crippen MR) is 54.2 cm³/mol. The highest BCUT2D eigenvalue weighted by molar-refractivity contribution is 6.15. The molecule has 15 heavy (non-hydrogen) atoms. The second kappa shape index (κ2) is 7.85. The molecule has 0 saturated heterocycles. The summed E-state index contributed by atoms with van der Waals surface area (Å²) in [5.41, 5.74) is 1.65. The van der Waals surface area contributed by atoms with E-state index in [2.05, 4.69) is 0 Å². The molecule has 5 heteroatoms. The van der Waals surface area contributed by atoms with Crippen molar-refractivity contribution in [1.82, 2.24) is 0 Å². The molecule has 0 unspecified atom stereocenters. The Kier molecular flexibility index (Phi) is 7.06. The summed E-state index contributed by atoms with van der Waals surface area (Å²) in [7, 11) is -1.00. The number of ketones is 1. The maximum Gasteiger partial charge on any atom is 0.577 e. The smallest absolute Gasteiger partial charge is 0.303 e. The Morgan fingerprint density at radius 1 is 1.47 bits per heavy atom. The highest BCUT2D eigenvalue weighted by Crippen LogP contribution is 2.05. The van der Waals surface area contributed by atoms with Crippen LogP contribution in [0.15, 0.2) is 24.3 Å². The Labute approximate surface area is 87.6 Å². The minimum absolute atomic E-state index is 0.0244. The number of aldehydes is 1. The Morgan fingerprint density at radius 3 is 2.53 bits per heavy atom. The second-order valence-corrected chi connectivity index (χ2v) is 2.75. The van der Waals surface area contributed by atoms with Crippen LogP contribution >= 0.6 is 0 Å². The summed E-state index contributed by atoms with van der Waals surface area (Å²) >= 11 is 0. The minimum atomic E-state index is -1.00. The van der Waals surface area contributed by atoms with Gasteiger partial charge in [-0.1, -0.05) is 23.8 Å². The van der Waals surface area contributed by atoms with Gasteiger partial charge in [0, 0.05) is 5.56 Å². The number of aryl methyl sites for hydroxylation is 1. The molecule has 0 spiro atoms. The molecule has 79 valence electrons. The van der Waals surface area contributed by atoms with Gasteiger partial charge in [-0.3, -0.25) is 13.4 Å². The fourth-order valence-electron chi connectivity index (χ4n) is 1.01. The van der Waals surface area contributed by atoms with Crippen molar-refractivity contribution in [2.45, 2.75) is 13.3 Å². The van der Waals surface area contributed by atoms with Crippen LogP contribution in [-0.2, 0) is 4.79 Å². The van der Waals surface area contributed by atoms with Crippen molar-refractivity contribution in [3.63, 3.8) is 0 Å². The zero-order chi connectivity index (χ0) is 11.7. The van der Waals surface area contributed by atoms with E-state index in [9.17, 15) is 18.2 Å². The molecule has 1 aromatic rings. The van der Waals surface area contributed by atoms with Gasteiger partial charge in [-0.25, -0.2) is 0 Å². The van der Waals surface area contributed by atoms with Crippen molar-refractivity contribution >= 4 is 19.9 Å². The van der Waals surface area contributed by atoms with Gasteiger partial charge in [0.05, 0.1) is 6.42 Å². The molecule has 0 aromatic heterocycles. The molecule has 2 nitrogen and oxygen atoms in total. The van der Waals surface area contributed by atoms with Crippen LogP contribution in [0.1, 0.15) is 22.3 Å². The molecule has 1 radical (unpaired) electrons. The van der Waals surface area contributed by atoms with Crippen LogP contribution in [0, 0.1) is 6.92 Å². The van der Waals surface area contributed by atoms with Crippen molar-refractivity contribution in [3.8, 4) is 0 Å². The summed E-state index contributed by atoms with van der Waals surface area (Å²) in [5, 5.41) is 0. The van der Waals surface area contributed by atoms with Crippen LogP contribution < -0.4 is 0 Å². The quantitative estimate of drug-likeness (QED) is 0.332. The molecule has 1 rings (SSSR count). The summed E-state index contributed by atoms with van der Waals surface area (Å²) in [5.74, 6) is -0.117. The first kappa shape index (κ1) is 13.5. The molecule has 0 aliphatic heterocycles. The van der Waals surface area contributed by atoms with Crippen LogP contribution in [-0.4, -0.2) is 19.9 Å². The topological polar surface area (TPSA) is 34.1 Å². The average Bonchev–Trinajstić information content (AvgIpc) is 2.19. The number of halogens is 2. The molecule has 0 saturated carbocycles. The summed E-state index contributed by atoms with van der Waals surface area (Å²) in [6.07, 6.45) is 0.605. The SMILES string of the molecule is Cc1cccc(C(=O)CC=O)c1.F[B]F. The average molecular weight is 211 g/mol. The number of Topliss-reactive ketones (excluding diaryl/α,β-unsaturated/α-hetero) is 1. The first-order valence-corrected chi connectivity index (χ1v) is 4.21. The zero-order valence-corrected chi connectivity index (χ0v) is 8.24. The van der Waals surface area contributed by atoms with Crippen LogP contribution in [0.3, 0.4) is 0 Å². The number of hydrogen-bond donors (Lipinski definition) is 0. The van der Waals surface area contributed by atoms with E-state index in [1.165, 1.54) is 0 Å².